The maximum atomic E-state index is 11.9. The number of nitrogens with one attached hydrogen (secondary N) is 1. The second-order valence-corrected chi connectivity index (χ2v) is 8.27. The number of aromatic nitrogens is 1. The highest BCUT2D eigenvalue weighted by molar-refractivity contribution is 7.91. The lowest BCUT2D eigenvalue weighted by atomic mass is 10.1. The quantitative estimate of drug-likeness (QED) is 0.873. The third-order valence-electron chi connectivity index (χ3n) is 2.42. The average Bonchev–Trinajstić information content (AvgIpc) is 2.79. The molecule has 0 aliphatic heterocycles. The molecule has 0 spiro atoms. The van der Waals surface area contributed by atoms with E-state index in [4.69, 9.17) is 34.8 Å². The summed E-state index contributed by atoms with van der Waals surface area (Å²) in [7, 11) is -3.58. The molecule has 1 heterocycles. The predicted octanol–water partition coefficient (Wildman–Crippen LogP) is 3.62. The van der Waals surface area contributed by atoms with Crippen LogP contribution in [0.3, 0.4) is 0 Å². The second-order valence-electron chi connectivity index (χ2n) is 3.82. The van der Waals surface area contributed by atoms with Crippen molar-refractivity contribution >= 4 is 56.2 Å². The summed E-state index contributed by atoms with van der Waals surface area (Å²) < 4.78 is 26.6. The van der Waals surface area contributed by atoms with Crippen molar-refractivity contribution in [3.05, 3.63) is 44.5 Å². The van der Waals surface area contributed by atoms with Crippen LogP contribution in [-0.4, -0.2) is 19.9 Å². The fourth-order valence-corrected chi connectivity index (χ4v) is 4.35. The molecule has 108 valence electrons. The van der Waals surface area contributed by atoms with Crippen molar-refractivity contribution < 1.29 is 8.42 Å². The van der Waals surface area contributed by atoms with Crippen molar-refractivity contribution in [2.45, 2.75) is 10.6 Å². The number of rotatable bonds is 5. The standard InChI is InChI=1S/C11H9Cl3N2O2S2/c12-8-2-1-7(9(13)5-8)3-4-16-20(17,18)10-6-15-11(14)19-10/h1-2,5-6,16H,3-4H2. The molecule has 0 saturated carbocycles. The van der Waals surface area contributed by atoms with Crippen LogP contribution in [-0.2, 0) is 16.4 Å². The summed E-state index contributed by atoms with van der Waals surface area (Å²) in [5, 5.41) is 1.05. The number of sulfonamides is 1. The summed E-state index contributed by atoms with van der Waals surface area (Å²) in [4.78, 5) is 3.70. The smallest absolute Gasteiger partial charge is 0.232 e. The summed E-state index contributed by atoms with van der Waals surface area (Å²) in [6.07, 6.45) is 1.69. The van der Waals surface area contributed by atoms with Gasteiger partial charge < -0.3 is 0 Å². The summed E-state index contributed by atoms with van der Waals surface area (Å²) in [5.41, 5.74) is 0.820. The molecule has 0 amide bonds. The van der Waals surface area contributed by atoms with Crippen LogP contribution < -0.4 is 4.72 Å². The minimum Gasteiger partial charge on any atom is -0.232 e. The Hall–Kier alpha value is -0.370. The van der Waals surface area contributed by atoms with Gasteiger partial charge in [-0.15, -0.1) is 0 Å². The molecule has 2 rings (SSSR count). The van der Waals surface area contributed by atoms with E-state index in [9.17, 15) is 8.42 Å². The highest BCUT2D eigenvalue weighted by Gasteiger charge is 2.17. The maximum Gasteiger partial charge on any atom is 0.251 e. The molecule has 20 heavy (non-hydrogen) atoms. The molecule has 1 aromatic carbocycles. The summed E-state index contributed by atoms with van der Waals surface area (Å²) >= 11 is 18.3. The zero-order chi connectivity index (χ0) is 14.8. The van der Waals surface area contributed by atoms with Crippen LogP contribution in [0.5, 0.6) is 0 Å². The number of thiazole rings is 1. The minimum atomic E-state index is -3.58. The van der Waals surface area contributed by atoms with Crippen LogP contribution in [0.15, 0.2) is 28.6 Å². The summed E-state index contributed by atoms with van der Waals surface area (Å²) in [6.45, 7) is 0.221. The first-order valence-electron chi connectivity index (χ1n) is 5.43. The number of halogens is 3. The molecule has 0 aliphatic rings. The third kappa shape index (κ3) is 4.07. The fraction of sp³-hybridized carbons (Fsp3) is 0.182. The first kappa shape index (κ1) is 16.0. The molecule has 0 atom stereocenters. The lowest BCUT2D eigenvalue weighted by molar-refractivity contribution is 0.583. The Morgan fingerprint density at radius 1 is 1.25 bits per heavy atom. The Bertz CT molecular complexity index is 716. The topological polar surface area (TPSA) is 59.1 Å². The zero-order valence-corrected chi connectivity index (χ0v) is 13.8. The molecule has 4 nitrogen and oxygen atoms in total. The first-order valence-corrected chi connectivity index (χ1v) is 8.87. The van der Waals surface area contributed by atoms with E-state index in [0.717, 1.165) is 16.9 Å². The molecule has 0 saturated heterocycles. The monoisotopic (exact) mass is 370 g/mol. The van der Waals surface area contributed by atoms with Gasteiger partial charge in [0, 0.05) is 16.6 Å². The van der Waals surface area contributed by atoms with Crippen molar-refractivity contribution in [3.63, 3.8) is 0 Å². The van der Waals surface area contributed by atoms with Gasteiger partial charge in [0.15, 0.2) is 8.68 Å². The lowest BCUT2D eigenvalue weighted by Gasteiger charge is -2.06. The van der Waals surface area contributed by atoms with E-state index in [2.05, 4.69) is 9.71 Å². The SMILES string of the molecule is O=S(=O)(NCCc1ccc(Cl)cc1Cl)c1cnc(Cl)s1. The first-order chi connectivity index (χ1) is 9.38. The normalized spacial score (nSPS) is 11.8. The van der Waals surface area contributed by atoms with E-state index >= 15 is 0 Å². The van der Waals surface area contributed by atoms with Gasteiger partial charge in [0.1, 0.15) is 0 Å². The van der Waals surface area contributed by atoms with Crippen LogP contribution in [0.25, 0.3) is 0 Å². The van der Waals surface area contributed by atoms with Crippen molar-refractivity contribution in [3.8, 4) is 0 Å². The minimum absolute atomic E-state index is 0.0877. The Balaban J connectivity index is 1.99. The van der Waals surface area contributed by atoms with Crippen LogP contribution in [0, 0.1) is 0 Å². The molecule has 1 aromatic heterocycles. The van der Waals surface area contributed by atoms with Gasteiger partial charge in [-0.2, -0.15) is 0 Å². The number of hydrogen-bond donors (Lipinski definition) is 1. The molecule has 0 fully saturated rings. The Kier molecular flexibility index (Phi) is 5.28. The number of hydrogen-bond acceptors (Lipinski definition) is 4. The Morgan fingerprint density at radius 2 is 2.00 bits per heavy atom. The highest BCUT2D eigenvalue weighted by Crippen LogP contribution is 2.23. The van der Waals surface area contributed by atoms with E-state index in [1.54, 1.807) is 18.2 Å². The molecule has 9 heteroatoms. The fourth-order valence-electron chi connectivity index (χ4n) is 1.48. The second kappa shape index (κ2) is 6.60. The molecule has 2 aromatic rings. The molecule has 1 N–H and O–H groups in total. The van der Waals surface area contributed by atoms with Crippen LogP contribution >= 0.6 is 46.1 Å². The van der Waals surface area contributed by atoms with E-state index in [0.29, 0.717) is 16.5 Å². The molecule has 0 aliphatic carbocycles. The van der Waals surface area contributed by atoms with Gasteiger partial charge in [-0.05, 0) is 24.1 Å². The predicted molar refractivity (Wildman–Crippen MR) is 82.5 cm³/mol. The van der Waals surface area contributed by atoms with Gasteiger partial charge in [0.2, 0.25) is 0 Å². The van der Waals surface area contributed by atoms with Gasteiger partial charge in [-0.1, -0.05) is 52.2 Å². The van der Waals surface area contributed by atoms with E-state index in [-0.39, 0.29) is 15.2 Å². The maximum absolute atomic E-state index is 11.9. The summed E-state index contributed by atoms with van der Waals surface area (Å²) in [6, 6.07) is 5.10. The lowest BCUT2D eigenvalue weighted by Crippen LogP contribution is -2.25. The average molecular weight is 372 g/mol. The van der Waals surface area contributed by atoms with Gasteiger partial charge in [-0.3, -0.25) is 0 Å². The molecule has 0 unspecified atom stereocenters. The van der Waals surface area contributed by atoms with Gasteiger partial charge in [-0.25, -0.2) is 18.1 Å². The van der Waals surface area contributed by atoms with Crippen molar-refractivity contribution in [2.24, 2.45) is 0 Å². The van der Waals surface area contributed by atoms with Crippen molar-refractivity contribution in [1.29, 1.82) is 0 Å². The van der Waals surface area contributed by atoms with Gasteiger partial charge in [0.25, 0.3) is 10.0 Å². The van der Waals surface area contributed by atoms with E-state index in [1.165, 1.54) is 6.20 Å². The molecular weight excluding hydrogens is 363 g/mol. The van der Waals surface area contributed by atoms with E-state index in [1.807, 2.05) is 0 Å². The van der Waals surface area contributed by atoms with Crippen LogP contribution in [0.4, 0.5) is 0 Å². The van der Waals surface area contributed by atoms with Crippen molar-refractivity contribution in [2.75, 3.05) is 6.54 Å². The van der Waals surface area contributed by atoms with Crippen LogP contribution in [0.1, 0.15) is 5.56 Å². The molecule has 0 radical (unpaired) electrons. The zero-order valence-electron chi connectivity index (χ0n) is 9.94. The van der Waals surface area contributed by atoms with Gasteiger partial charge in [0.05, 0.1) is 6.20 Å². The van der Waals surface area contributed by atoms with Crippen molar-refractivity contribution in [1.82, 2.24) is 9.71 Å². The number of benzene rings is 1. The van der Waals surface area contributed by atoms with E-state index < -0.39 is 10.0 Å². The Labute approximate surface area is 135 Å². The highest BCUT2D eigenvalue weighted by atomic mass is 35.5. The summed E-state index contributed by atoms with van der Waals surface area (Å²) in [5.74, 6) is 0. The van der Waals surface area contributed by atoms with Crippen LogP contribution in [0.2, 0.25) is 14.5 Å². The van der Waals surface area contributed by atoms with Gasteiger partial charge >= 0.3 is 0 Å². The largest absolute Gasteiger partial charge is 0.251 e. The Morgan fingerprint density at radius 3 is 2.60 bits per heavy atom. The number of nitrogens with zero attached hydrogens (tertiary/aromatic N) is 1. The molecular formula is C11H9Cl3N2O2S2. The third-order valence-corrected chi connectivity index (χ3v) is 6.05. The molecule has 0 bridgehead atoms.